The molecule has 72 valence electrons. The van der Waals surface area contributed by atoms with Gasteiger partial charge in [-0.05, 0) is 39.3 Å². The molecule has 0 aliphatic heterocycles. The smallest absolute Gasteiger partial charge is 0.0248 e. The summed E-state index contributed by atoms with van der Waals surface area (Å²) >= 11 is 0. The fraction of sp³-hybridized carbons (Fsp3) is 0.800. The second-order valence-corrected chi connectivity index (χ2v) is 3.69. The number of nitrogens with one attached hydrogen (secondary N) is 1. The lowest BCUT2D eigenvalue weighted by atomic mass is 9.99. The summed E-state index contributed by atoms with van der Waals surface area (Å²) in [6, 6.07) is 0.185. The van der Waals surface area contributed by atoms with E-state index in [0.717, 1.165) is 18.5 Å². The Morgan fingerprint density at radius 3 is 2.50 bits per heavy atom. The van der Waals surface area contributed by atoms with E-state index in [0.29, 0.717) is 5.92 Å². The molecule has 0 spiro atoms. The minimum Gasteiger partial charge on any atom is -0.324 e. The predicted octanol–water partition coefficient (Wildman–Crippen LogP) is 1.53. The van der Waals surface area contributed by atoms with Gasteiger partial charge in [0.1, 0.15) is 0 Å². The predicted molar refractivity (Wildman–Crippen MR) is 55.1 cm³/mol. The second kappa shape index (κ2) is 6.21. The highest BCUT2D eigenvalue weighted by atomic mass is 14.8. The van der Waals surface area contributed by atoms with Crippen LogP contribution in [0.2, 0.25) is 0 Å². The Labute approximate surface area is 76.2 Å². The zero-order chi connectivity index (χ0) is 9.56. The van der Waals surface area contributed by atoms with Crippen LogP contribution in [0.1, 0.15) is 26.7 Å². The standard InChI is InChI=1S/C10H22N2/c1-8(2)10(11)6-5-9(3)7-12-4/h9-10,12H,1,5-7,11H2,2-4H3. The Kier molecular flexibility index (Phi) is 6.03. The molecule has 2 unspecified atom stereocenters. The molecule has 0 amide bonds. The first kappa shape index (κ1) is 11.7. The van der Waals surface area contributed by atoms with Gasteiger partial charge in [0.2, 0.25) is 0 Å². The molecule has 0 radical (unpaired) electrons. The lowest BCUT2D eigenvalue weighted by Crippen LogP contribution is -2.23. The summed E-state index contributed by atoms with van der Waals surface area (Å²) in [4.78, 5) is 0. The van der Waals surface area contributed by atoms with Crippen LogP contribution in [0.25, 0.3) is 0 Å². The highest BCUT2D eigenvalue weighted by Crippen LogP contribution is 2.09. The van der Waals surface area contributed by atoms with Gasteiger partial charge >= 0.3 is 0 Å². The molecule has 0 saturated carbocycles. The Bertz CT molecular complexity index is 132. The molecule has 0 bridgehead atoms. The maximum Gasteiger partial charge on any atom is 0.0248 e. The molecular weight excluding hydrogens is 148 g/mol. The van der Waals surface area contributed by atoms with Gasteiger partial charge in [-0.3, -0.25) is 0 Å². The Morgan fingerprint density at radius 2 is 2.08 bits per heavy atom. The van der Waals surface area contributed by atoms with Crippen LogP contribution in [0.3, 0.4) is 0 Å². The molecule has 12 heavy (non-hydrogen) atoms. The Hall–Kier alpha value is -0.340. The molecule has 0 heterocycles. The fourth-order valence-corrected chi connectivity index (χ4v) is 1.16. The summed E-state index contributed by atoms with van der Waals surface area (Å²) in [5.41, 5.74) is 6.93. The van der Waals surface area contributed by atoms with Crippen LogP contribution in [-0.2, 0) is 0 Å². The van der Waals surface area contributed by atoms with Gasteiger partial charge in [0.25, 0.3) is 0 Å². The lowest BCUT2D eigenvalue weighted by Gasteiger charge is -2.14. The van der Waals surface area contributed by atoms with Gasteiger partial charge in [-0.15, -0.1) is 0 Å². The summed E-state index contributed by atoms with van der Waals surface area (Å²) in [5, 5.41) is 3.16. The van der Waals surface area contributed by atoms with Crippen molar-refractivity contribution in [2.45, 2.75) is 32.7 Å². The van der Waals surface area contributed by atoms with Gasteiger partial charge in [0.05, 0.1) is 0 Å². The van der Waals surface area contributed by atoms with Crippen molar-refractivity contribution in [2.75, 3.05) is 13.6 Å². The largest absolute Gasteiger partial charge is 0.324 e. The van der Waals surface area contributed by atoms with Crippen LogP contribution in [-0.4, -0.2) is 19.6 Å². The van der Waals surface area contributed by atoms with Crippen molar-refractivity contribution >= 4 is 0 Å². The molecule has 0 rings (SSSR count). The quantitative estimate of drug-likeness (QED) is 0.593. The van der Waals surface area contributed by atoms with Crippen LogP contribution < -0.4 is 11.1 Å². The van der Waals surface area contributed by atoms with Crippen molar-refractivity contribution < 1.29 is 0 Å². The van der Waals surface area contributed by atoms with Gasteiger partial charge in [-0.2, -0.15) is 0 Å². The first-order valence-electron chi connectivity index (χ1n) is 4.63. The summed E-state index contributed by atoms with van der Waals surface area (Å²) in [6.45, 7) is 9.14. The van der Waals surface area contributed by atoms with E-state index >= 15 is 0 Å². The van der Waals surface area contributed by atoms with Gasteiger partial charge < -0.3 is 11.1 Å². The zero-order valence-electron chi connectivity index (χ0n) is 8.56. The van der Waals surface area contributed by atoms with E-state index in [1.807, 2.05) is 14.0 Å². The minimum atomic E-state index is 0.185. The van der Waals surface area contributed by atoms with E-state index in [1.54, 1.807) is 0 Å². The first-order valence-corrected chi connectivity index (χ1v) is 4.63. The zero-order valence-corrected chi connectivity index (χ0v) is 8.56. The van der Waals surface area contributed by atoms with E-state index in [4.69, 9.17) is 5.73 Å². The molecule has 0 aromatic heterocycles. The molecule has 2 nitrogen and oxygen atoms in total. The third-order valence-corrected chi connectivity index (χ3v) is 2.16. The van der Waals surface area contributed by atoms with Crippen molar-refractivity contribution in [3.63, 3.8) is 0 Å². The van der Waals surface area contributed by atoms with Gasteiger partial charge in [-0.1, -0.05) is 19.1 Å². The molecule has 0 fully saturated rings. The molecule has 0 aromatic rings. The number of hydrogen-bond donors (Lipinski definition) is 2. The Balaban J connectivity index is 3.46. The third kappa shape index (κ3) is 5.33. The molecular formula is C10H22N2. The van der Waals surface area contributed by atoms with E-state index in [2.05, 4.69) is 18.8 Å². The molecule has 2 atom stereocenters. The summed E-state index contributed by atoms with van der Waals surface area (Å²) in [6.07, 6.45) is 2.23. The SMILES string of the molecule is C=C(C)C(N)CCC(C)CNC. The number of rotatable bonds is 6. The summed E-state index contributed by atoms with van der Waals surface area (Å²) in [7, 11) is 1.98. The monoisotopic (exact) mass is 170 g/mol. The van der Waals surface area contributed by atoms with Gasteiger partial charge in [-0.25, -0.2) is 0 Å². The van der Waals surface area contributed by atoms with Crippen LogP contribution in [0.4, 0.5) is 0 Å². The van der Waals surface area contributed by atoms with Gasteiger partial charge in [0.15, 0.2) is 0 Å². The van der Waals surface area contributed by atoms with Crippen LogP contribution in [0, 0.1) is 5.92 Å². The van der Waals surface area contributed by atoms with Crippen LogP contribution in [0.5, 0.6) is 0 Å². The topological polar surface area (TPSA) is 38.0 Å². The van der Waals surface area contributed by atoms with Crippen molar-refractivity contribution in [1.29, 1.82) is 0 Å². The number of nitrogens with two attached hydrogens (primary N) is 1. The van der Waals surface area contributed by atoms with E-state index < -0.39 is 0 Å². The normalized spacial score (nSPS) is 15.7. The van der Waals surface area contributed by atoms with E-state index in [-0.39, 0.29) is 6.04 Å². The third-order valence-electron chi connectivity index (χ3n) is 2.16. The maximum atomic E-state index is 5.84. The molecule has 2 heteroatoms. The molecule has 3 N–H and O–H groups in total. The Morgan fingerprint density at radius 1 is 1.50 bits per heavy atom. The summed E-state index contributed by atoms with van der Waals surface area (Å²) < 4.78 is 0. The van der Waals surface area contributed by atoms with Crippen molar-refractivity contribution in [2.24, 2.45) is 11.7 Å². The fourth-order valence-electron chi connectivity index (χ4n) is 1.16. The van der Waals surface area contributed by atoms with Crippen molar-refractivity contribution in [3.8, 4) is 0 Å². The van der Waals surface area contributed by atoms with Crippen LogP contribution in [0.15, 0.2) is 12.2 Å². The minimum absolute atomic E-state index is 0.185. The molecule has 0 saturated heterocycles. The molecule has 0 aromatic carbocycles. The van der Waals surface area contributed by atoms with Gasteiger partial charge in [0, 0.05) is 6.04 Å². The molecule has 0 aliphatic rings. The number of hydrogen-bond acceptors (Lipinski definition) is 2. The lowest BCUT2D eigenvalue weighted by molar-refractivity contribution is 0.469. The van der Waals surface area contributed by atoms with Crippen molar-refractivity contribution in [1.82, 2.24) is 5.32 Å². The van der Waals surface area contributed by atoms with Crippen molar-refractivity contribution in [3.05, 3.63) is 12.2 Å². The average Bonchev–Trinajstić information content (AvgIpc) is 2.00. The maximum absolute atomic E-state index is 5.84. The van der Waals surface area contributed by atoms with Crippen LogP contribution >= 0.6 is 0 Å². The van der Waals surface area contributed by atoms with E-state index in [1.165, 1.54) is 6.42 Å². The first-order chi connectivity index (χ1) is 5.57. The highest BCUT2D eigenvalue weighted by Gasteiger charge is 2.06. The highest BCUT2D eigenvalue weighted by molar-refractivity contribution is 4.99. The summed E-state index contributed by atoms with van der Waals surface area (Å²) in [5.74, 6) is 0.709. The molecule has 0 aliphatic carbocycles. The second-order valence-electron chi connectivity index (χ2n) is 3.69. The van der Waals surface area contributed by atoms with E-state index in [9.17, 15) is 0 Å². The average molecular weight is 170 g/mol.